The summed E-state index contributed by atoms with van der Waals surface area (Å²) >= 11 is 0. The first-order chi connectivity index (χ1) is 13.5. The normalized spacial score (nSPS) is 18.5. The first-order valence-electron chi connectivity index (χ1n) is 8.83. The molecule has 10 heteroatoms. The molecule has 2 aromatic heterocycles. The summed E-state index contributed by atoms with van der Waals surface area (Å²) in [5, 5.41) is 2.72. The molecule has 0 spiro atoms. The number of hydrogen-bond donors (Lipinski definition) is 2. The molecule has 3 N–H and O–H groups in total. The quantitative estimate of drug-likeness (QED) is 0.812. The van der Waals surface area contributed by atoms with Gasteiger partial charge in [0.05, 0.1) is 5.56 Å². The summed E-state index contributed by atoms with van der Waals surface area (Å²) < 4.78 is 38.4. The van der Waals surface area contributed by atoms with Gasteiger partial charge in [-0.25, -0.2) is 4.98 Å². The molecule has 0 saturated carbocycles. The molecular weight excluding hydrogens is 387 g/mol. The minimum atomic E-state index is -4.48. The summed E-state index contributed by atoms with van der Waals surface area (Å²) in [6, 6.07) is 4.46. The Bertz CT molecular complexity index is 928. The van der Waals surface area contributed by atoms with Crippen molar-refractivity contribution >= 4 is 23.3 Å². The van der Waals surface area contributed by atoms with Crippen molar-refractivity contribution in [3.63, 3.8) is 0 Å². The molecule has 2 amide bonds. The van der Waals surface area contributed by atoms with Crippen LogP contribution in [0, 0.1) is 5.41 Å². The molecule has 1 aliphatic rings. The van der Waals surface area contributed by atoms with Gasteiger partial charge in [0.2, 0.25) is 5.91 Å². The van der Waals surface area contributed by atoms with Crippen LogP contribution in [0.2, 0.25) is 0 Å². The fraction of sp³-hybridized carbons (Fsp3) is 0.368. The van der Waals surface area contributed by atoms with E-state index < -0.39 is 23.7 Å². The van der Waals surface area contributed by atoms with E-state index in [1.165, 1.54) is 24.4 Å². The predicted octanol–water partition coefficient (Wildman–Crippen LogP) is 2.84. The van der Waals surface area contributed by atoms with Gasteiger partial charge in [-0.3, -0.25) is 14.6 Å². The van der Waals surface area contributed by atoms with Crippen molar-refractivity contribution in [3.05, 3.63) is 47.9 Å². The number of carbonyl (C=O) groups excluding carboxylic acids is 2. The third-order valence-electron chi connectivity index (χ3n) is 4.67. The molecule has 1 aliphatic heterocycles. The highest BCUT2D eigenvalue weighted by atomic mass is 19.4. The van der Waals surface area contributed by atoms with Crippen LogP contribution in [-0.2, 0) is 11.0 Å². The highest BCUT2D eigenvalue weighted by molar-refractivity contribution is 5.98. The zero-order valence-corrected chi connectivity index (χ0v) is 15.8. The second-order valence-electron chi connectivity index (χ2n) is 7.70. The van der Waals surface area contributed by atoms with E-state index in [1.54, 1.807) is 4.90 Å². The van der Waals surface area contributed by atoms with E-state index in [9.17, 15) is 22.8 Å². The maximum atomic E-state index is 12.9. The molecule has 0 bridgehead atoms. The lowest BCUT2D eigenvalue weighted by Crippen LogP contribution is -2.40. The Morgan fingerprint density at radius 3 is 2.55 bits per heavy atom. The molecule has 2 aromatic rings. The molecule has 3 heterocycles. The van der Waals surface area contributed by atoms with Crippen LogP contribution >= 0.6 is 0 Å². The lowest BCUT2D eigenvalue weighted by Gasteiger charge is -2.25. The van der Waals surface area contributed by atoms with Gasteiger partial charge in [0.15, 0.2) is 0 Å². The number of amides is 2. The number of hydrogen-bond acceptors (Lipinski definition) is 5. The Morgan fingerprint density at radius 1 is 1.24 bits per heavy atom. The number of halogens is 3. The molecule has 1 fully saturated rings. The van der Waals surface area contributed by atoms with Crippen LogP contribution in [0.4, 0.5) is 24.7 Å². The number of anilines is 2. The third kappa shape index (κ3) is 4.64. The third-order valence-corrected chi connectivity index (χ3v) is 4.67. The Hall–Kier alpha value is -3.17. The predicted molar refractivity (Wildman–Crippen MR) is 100 cm³/mol. The highest BCUT2D eigenvalue weighted by Gasteiger charge is 2.42. The van der Waals surface area contributed by atoms with Crippen LogP contribution in [-0.4, -0.2) is 34.4 Å². The van der Waals surface area contributed by atoms with Crippen molar-refractivity contribution < 1.29 is 22.8 Å². The van der Waals surface area contributed by atoms with Crippen LogP contribution < -0.4 is 16.0 Å². The number of alkyl halides is 3. The van der Waals surface area contributed by atoms with Gasteiger partial charge >= 0.3 is 6.18 Å². The maximum absolute atomic E-state index is 12.9. The number of carbonyl (C=O) groups is 2. The van der Waals surface area contributed by atoms with Crippen LogP contribution in [0.1, 0.15) is 36.3 Å². The van der Waals surface area contributed by atoms with Crippen molar-refractivity contribution in [3.8, 4) is 0 Å². The molecule has 0 aliphatic carbocycles. The van der Waals surface area contributed by atoms with Crippen molar-refractivity contribution in [2.24, 2.45) is 11.1 Å². The summed E-state index contributed by atoms with van der Waals surface area (Å²) in [4.78, 5) is 33.6. The van der Waals surface area contributed by atoms with E-state index in [-0.39, 0.29) is 22.8 Å². The summed E-state index contributed by atoms with van der Waals surface area (Å²) in [5.41, 5.74) is 4.46. The molecule has 7 nitrogen and oxygen atoms in total. The van der Waals surface area contributed by atoms with Gasteiger partial charge < -0.3 is 16.0 Å². The number of nitrogens with two attached hydrogens (primary N) is 1. The van der Waals surface area contributed by atoms with E-state index in [0.717, 1.165) is 12.3 Å². The van der Waals surface area contributed by atoms with E-state index in [1.807, 2.05) is 13.8 Å². The van der Waals surface area contributed by atoms with Crippen LogP contribution in [0.3, 0.4) is 0 Å². The monoisotopic (exact) mass is 407 g/mol. The lowest BCUT2D eigenvalue weighted by molar-refractivity contribution is -0.137. The Labute approximate surface area is 165 Å². The minimum Gasteiger partial charge on any atom is -0.364 e. The average Bonchev–Trinajstić information content (AvgIpc) is 2.97. The summed E-state index contributed by atoms with van der Waals surface area (Å²) in [6.45, 7) is 4.39. The molecule has 1 atom stereocenters. The standard InChI is InChI=1S/C19H20F3N5O2/c1-18(2)8-14(17(29)26-12-5-6-24-13(7-12)16(23)28)27(10-18)15-4-3-11(9-25-15)19(20,21)22/h3-7,9,14H,8,10H2,1-2H3,(H2,23,28)(H,24,26,29). The number of pyridine rings is 2. The number of primary amides is 1. The Kier molecular flexibility index (Phi) is 5.20. The Balaban J connectivity index is 1.83. The molecule has 154 valence electrons. The fourth-order valence-corrected chi connectivity index (χ4v) is 3.34. The molecular formula is C19H20F3N5O2. The smallest absolute Gasteiger partial charge is 0.364 e. The largest absolute Gasteiger partial charge is 0.417 e. The van der Waals surface area contributed by atoms with E-state index in [2.05, 4.69) is 15.3 Å². The number of aromatic nitrogens is 2. The van der Waals surface area contributed by atoms with Crippen LogP contribution in [0.25, 0.3) is 0 Å². The van der Waals surface area contributed by atoms with Gasteiger partial charge in [0.1, 0.15) is 17.6 Å². The van der Waals surface area contributed by atoms with Crippen LogP contribution in [0.5, 0.6) is 0 Å². The average molecular weight is 407 g/mol. The minimum absolute atomic E-state index is 0.0100. The molecule has 1 unspecified atom stereocenters. The summed E-state index contributed by atoms with van der Waals surface area (Å²) in [5.74, 6) is -0.797. The lowest BCUT2D eigenvalue weighted by atomic mass is 9.90. The van der Waals surface area contributed by atoms with E-state index in [0.29, 0.717) is 18.7 Å². The zero-order chi connectivity index (χ0) is 21.4. The second-order valence-corrected chi connectivity index (χ2v) is 7.70. The first-order valence-corrected chi connectivity index (χ1v) is 8.83. The van der Waals surface area contributed by atoms with Gasteiger partial charge in [-0.1, -0.05) is 13.8 Å². The SMILES string of the molecule is CC1(C)CC(C(=O)Nc2ccnc(C(N)=O)c2)N(c2ccc(C(F)(F)F)cn2)C1. The summed E-state index contributed by atoms with van der Waals surface area (Å²) in [7, 11) is 0. The van der Waals surface area contributed by atoms with Crippen molar-refractivity contribution in [2.45, 2.75) is 32.5 Å². The zero-order valence-electron chi connectivity index (χ0n) is 15.8. The molecule has 0 radical (unpaired) electrons. The van der Waals surface area contributed by atoms with Gasteiger partial charge in [0, 0.05) is 24.6 Å². The highest BCUT2D eigenvalue weighted by Crippen LogP contribution is 2.38. The first kappa shape index (κ1) is 20.6. The number of nitrogens with zero attached hydrogens (tertiary/aromatic N) is 3. The van der Waals surface area contributed by atoms with E-state index >= 15 is 0 Å². The maximum Gasteiger partial charge on any atom is 0.417 e. The fourth-order valence-electron chi connectivity index (χ4n) is 3.34. The van der Waals surface area contributed by atoms with Crippen molar-refractivity contribution in [1.29, 1.82) is 0 Å². The van der Waals surface area contributed by atoms with Crippen molar-refractivity contribution in [2.75, 3.05) is 16.8 Å². The Morgan fingerprint density at radius 2 is 1.97 bits per heavy atom. The van der Waals surface area contributed by atoms with Gasteiger partial charge in [-0.05, 0) is 36.1 Å². The van der Waals surface area contributed by atoms with Crippen molar-refractivity contribution in [1.82, 2.24) is 9.97 Å². The van der Waals surface area contributed by atoms with Crippen LogP contribution in [0.15, 0.2) is 36.7 Å². The molecule has 1 saturated heterocycles. The molecule has 3 rings (SSSR count). The molecule has 29 heavy (non-hydrogen) atoms. The van der Waals surface area contributed by atoms with E-state index in [4.69, 9.17) is 5.73 Å². The second kappa shape index (κ2) is 7.34. The summed E-state index contributed by atoms with van der Waals surface area (Å²) in [6.07, 6.45) is -1.89. The van der Waals surface area contributed by atoms with Gasteiger partial charge in [-0.15, -0.1) is 0 Å². The van der Waals surface area contributed by atoms with Gasteiger partial charge in [-0.2, -0.15) is 13.2 Å². The van der Waals surface area contributed by atoms with Gasteiger partial charge in [0.25, 0.3) is 5.91 Å². The molecule has 0 aromatic carbocycles. The topological polar surface area (TPSA) is 101 Å². The number of rotatable bonds is 4. The number of nitrogens with one attached hydrogen (secondary N) is 1.